The lowest BCUT2D eigenvalue weighted by Gasteiger charge is -2.41. The maximum absolute atomic E-state index is 12.1. The highest BCUT2D eigenvalue weighted by molar-refractivity contribution is 5.75. The van der Waals surface area contributed by atoms with Crippen LogP contribution in [0, 0.1) is 5.41 Å². The molecule has 25 heavy (non-hydrogen) atoms. The SMILES string of the molecule is CCCCO[C@@H]1[C@@H](NC(=O)OCc2ccccc2)CCCN1C(=N)N. The molecule has 1 aliphatic heterocycles. The van der Waals surface area contributed by atoms with Gasteiger partial charge in [-0.25, -0.2) is 4.79 Å². The highest BCUT2D eigenvalue weighted by Crippen LogP contribution is 2.19. The first-order chi connectivity index (χ1) is 12.1. The lowest BCUT2D eigenvalue weighted by molar-refractivity contribution is -0.0677. The van der Waals surface area contributed by atoms with Gasteiger partial charge in [-0.1, -0.05) is 43.7 Å². The van der Waals surface area contributed by atoms with Gasteiger partial charge in [-0.3, -0.25) is 5.41 Å². The van der Waals surface area contributed by atoms with Crippen LogP contribution in [0.15, 0.2) is 30.3 Å². The van der Waals surface area contributed by atoms with E-state index in [1.165, 1.54) is 0 Å². The number of unbranched alkanes of at least 4 members (excludes halogenated alkanes) is 1. The highest BCUT2D eigenvalue weighted by atomic mass is 16.5. The van der Waals surface area contributed by atoms with Crippen molar-refractivity contribution in [3.63, 3.8) is 0 Å². The number of nitrogens with zero attached hydrogens (tertiary/aromatic N) is 1. The van der Waals surface area contributed by atoms with Gasteiger partial charge in [-0.2, -0.15) is 0 Å². The monoisotopic (exact) mass is 348 g/mol. The second-order valence-electron chi connectivity index (χ2n) is 6.15. The summed E-state index contributed by atoms with van der Waals surface area (Å²) in [6.45, 7) is 3.53. The lowest BCUT2D eigenvalue weighted by Crippen LogP contribution is -2.59. The molecule has 2 atom stereocenters. The molecular formula is C18H28N4O3. The summed E-state index contributed by atoms with van der Waals surface area (Å²) in [5, 5.41) is 10.6. The van der Waals surface area contributed by atoms with Crippen molar-refractivity contribution in [2.45, 2.75) is 51.5 Å². The molecule has 0 saturated carbocycles. The number of piperidine rings is 1. The van der Waals surface area contributed by atoms with Gasteiger partial charge >= 0.3 is 6.09 Å². The summed E-state index contributed by atoms with van der Waals surface area (Å²) in [5.41, 5.74) is 6.61. The molecule has 0 radical (unpaired) electrons. The molecule has 1 fully saturated rings. The number of hydrogen-bond donors (Lipinski definition) is 3. The van der Waals surface area contributed by atoms with E-state index in [-0.39, 0.29) is 18.6 Å². The summed E-state index contributed by atoms with van der Waals surface area (Å²) in [5.74, 6) is -0.0364. The molecule has 1 saturated heterocycles. The van der Waals surface area contributed by atoms with E-state index in [0.717, 1.165) is 31.2 Å². The van der Waals surface area contributed by atoms with Crippen LogP contribution in [0.2, 0.25) is 0 Å². The maximum Gasteiger partial charge on any atom is 0.407 e. The van der Waals surface area contributed by atoms with Crippen molar-refractivity contribution in [3.8, 4) is 0 Å². The van der Waals surface area contributed by atoms with Crippen molar-refractivity contribution in [3.05, 3.63) is 35.9 Å². The van der Waals surface area contributed by atoms with Gasteiger partial charge in [0.1, 0.15) is 6.61 Å². The largest absolute Gasteiger partial charge is 0.445 e. The molecule has 138 valence electrons. The Bertz CT molecular complexity index is 553. The first-order valence-corrected chi connectivity index (χ1v) is 8.81. The van der Waals surface area contributed by atoms with E-state index >= 15 is 0 Å². The van der Waals surface area contributed by atoms with Crippen LogP contribution < -0.4 is 11.1 Å². The summed E-state index contributed by atoms with van der Waals surface area (Å²) >= 11 is 0. The zero-order valence-electron chi connectivity index (χ0n) is 14.7. The maximum atomic E-state index is 12.1. The second kappa shape index (κ2) is 9.88. The van der Waals surface area contributed by atoms with Crippen LogP contribution in [0.3, 0.4) is 0 Å². The van der Waals surface area contributed by atoms with Crippen LogP contribution in [0.4, 0.5) is 4.79 Å². The van der Waals surface area contributed by atoms with Crippen LogP contribution in [0.5, 0.6) is 0 Å². The minimum Gasteiger partial charge on any atom is -0.445 e. The number of rotatable bonds is 7. The first-order valence-electron chi connectivity index (χ1n) is 8.81. The number of ether oxygens (including phenoxy) is 2. The van der Waals surface area contributed by atoms with Crippen molar-refractivity contribution in [1.29, 1.82) is 5.41 Å². The molecule has 1 amide bonds. The number of alkyl carbamates (subject to hydrolysis) is 1. The number of likely N-dealkylation sites (tertiary alicyclic amines) is 1. The quantitative estimate of drug-likeness (QED) is 0.399. The number of amides is 1. The molecule has 0 bridgehead atoms. The third-order valence-electron chi connectivity index (χ3n) is 4.18. The summed E-state index contributed by atoms with van der Waals surface area (Å²) in [6.07, 6.45) is 2.63. The van der Waals surface area contributed by atoms with Crippen molar-refractivity contribution in [1.82, 2.24) is 10.2 Å². The number of nitrogens with one attached hydrogen (secondary N) is 2. The molecule has 7 nitrogen and oxygen atoms in total. The topological polar surface area (TPSA) is 101 Å². The van der Waals surface area contributed by atoms with Crippen LogP contribution in [-0.2, 0) is 16.1 Å². The Morgan fingerprint density at radius 2 is 2.16 bits per heavy atom. The molecule has 7 heteroatoms. The molecule has 1 aromatic carbocycles. The van der Waals surface area contributed by atoms with E-state index in [1.54, 1.807) is 4.90 Å². The second-order valence-corrected chi connectivity index (χ2v) is 6.15. The fraction of sp³-hybridized carbons (Fsp3) is 0.556. The molecular weight excluding hydrogens is 320 g/mol. The zero-order valence-corrected chi connectivity index (χ0v) is 14.7. The van der Waals surface area contributed by atoms with Gasteiger partial charge in [-0.15, -0.1) is 0 Å². The van der Waals surface area contributed by atoms with Crippen LogP contribution in [0.25, 0.3) is 0 Å². The normalized spacial score (nSPS) is 20.1. The molecule has 4 N–H and O–H groups in total. The highest BCUT2D eigenvalue weighted by Gasteiger charge is 2.34. The molecule has 0 spiro atoms. The third-order valence-corrected chi connectivity index (χ3v) is 4.18. The number of guanidine groups is 1. The Morgan fingerprint density at radius 3 is 2.84 bits per heavy atom. The van der Waals surface area contributed by atoms with Crippen molar-refractivity contribution < 1.29 is 14.3 Å². The average Bonchev–Trinajstić information content (AvgIpc) is 2.62. The van der Waals surface area contributed by atoms with Gasteiger partial charge in [-0.05, 0) is 24.8 Å². The van der Waals surface area contributed by atoms with Crippen LogP contribution in [-0.4, -0.2) is 42.4 Å². The molecule has 1 heterocycles. The fourth-order valence-corrected chi connectivity index (χ4v) is 2.84. The Morgan fingerprint density at radius 1 is 1.40 bits per heavy atom. The molecule has 0 aliphatic carbocycles. The Hall–Kier alpha value is -2.28. The fourth-order valence-electron chi connectivity index (χ4n) is 2.84. The molecule has 1 aromatic rings. The molecule has 0 unspecified atom stereocenters. The van der Waals surface area contributed by atoms with Gasteiger partial charge in [0.25, 0.3) is 0 Å². The summed E-state index contributed by atoms with van der Waals surface area (Å²) in [4.78, 5) is 13.8. The van der Waals surface area contributed by atoms with Crippen molar-refractivity contribution >= 4 is 12.1 Å². The van der Waals surface area contributed by atoms with E-state index in [4.69, 9.17) is 20.6 Å². The van der Waals surface area contributed by atoms with E-state index in [0.29, 0.717) is 13.2 Å². The van der Waals surface area contributed by atoms with Crippen LogP contribution in [0.1, 0.15) is 38.2 Å². The van der Waals surface area contributed by atoms with Gasteiger partial charge in [0.05, 0.1) is 6.04 Å². The van der Waals surface area contributed by atoms with E-state index in [1.807, 2.05) is 30.3 Å². The number of carbonyl (C=O) groups excluding carboxylic acids is 1. The van der Waals surface area contributed by atoms with E-state index in [2.05, 4.69) is 12.2 Å². The van der Waals surface area contributed by atoms with Crippen molar-refractivity contribution in [2.24, 2.45) is 5.73 Å². The first kappa shape index (κ1) is 19.1. The smallest absolute Gasteiger partial charge is 0.407 e. The van der Waals surface area contributed by atoms with Gasteiger partial charge in [0.2, 0.25) is 0 Å². The number of hydrogen-bond acceptors (Lipinski definition) is 4. The third kappa shape index (κ3) is 5.94. The number of carbonyl (C=O) groups is 1. The van der Waals surface area contributed by atoms with Gasteiger partial charge in [0.15, 0.2) is 12.2 Å². The van der Waals surface area contributed by atoms with Gasteiger partial charge < -0.3 is 25.4 Å². The Labute approximate surface area is 149 Å². The van der Waals surface area contributed by atoms with Crippen molar-refractivity contribution in [2.75, 3.05) is 13.2 Å². The average molecular weight is 348 g/mol. The Kier molecular flexibility index (Phi) is 7.53. The lowest BCUT2D eigenvalue weighted by atomic mass is 10.0. The van der Waals surface area contributed by atoms with E-state index in [9.17, 15) is 4.79 Å². The summed E-state index contributed by atoms with van der Waals surface area (Å²) in [7, 11) is 0. The minimum absolute atomic E-state index is 0.0364. The van der Waals surface area contributed by atoms with Gasteiger partial charge in [0, 0.05) is 13.2 Å². The minimum atomic E-state index is -0.483. The molecule has 2 rings (SSSR count). The summed E-state index contributed by atoms with van der Waals surface area (Å²) in [6, 6.07) is 9.28. The number of benzene rings is 1. The van der Waals surface area contributed by atoms with E-state index < -0.39 is 12.3 Å². The molecule has 1 aliphatic rings. The standard InChI is InChI=1S/C18H28N4O3/c1-2-3-12-24-16-15(10-7-11-22(16)17(19)20)21-18(23)25-13-14-8-5-4-6-9-14/h4-6,8-9,15-16H,2-3,7,10-13H2,1H3,(H3,19,20)(H,21,23)/t15-,16+/m0/s1. The predicted octanol–water partition coefficient (Wildman–Crippen LogP) is 2.41. The molecule has 0 aromatic heterocycles. The van der Waals surface area contributed by atoms with Crippen LogP contribution >= 0.6 is 0 Å². The number of nitrogens with two attached hydrogens (primary N) is 1. The Balaban J connectivity index is 1.91. The summed E-state index contributed by atoms with van der Waals surface area (Å²) < 4.78 is 11.2. The zero-order chi connectivity index (χ0) is 18.1. The predicted molar refractivity (Wildman–Crippen MR) is 96.1 cm³/mol.